The maximum absolute atomic E-state index is 14.2. The van der Waals surface area contributed by atoms with Crippen LogP contribution < -0.4 is 10.6 Å². The van der Waals surface area contributed by atoms with Gasteiger partial charge in [-0.15, -0.1) is 24.0 Å². The van der Waals surface area contributed by atoms with Gasteiger partial charge in [0.2, 0.25) is 0 Å². The van der Waals surface area contributed by atoms with Crippen molar-refractivity contribution in [3.63, 3.8) is 0 Å². The molecular formula is C21H34FIN4O. The molecule has 0 amide bonds. The van der Waals surface area contributed by atoms with Gasteiger partial charge in [0.05, 0.1) is 13.2 Å². The molecular weight excluding hydrogens is 470 g/mol. The number of ether oxygens (including phenoxy) is 1. The van der Waals surface area contributed by atoms with Crippen LogP contribution in [0.3, 0.4) is 0 Å². The summed E-state index contributed by atoms with van der Waals surface area (Å²) in [6, 6.07) is 7.57. The number of likely N-dealkylation sites (tertiary alicyclic amines) is 1. The molecule has 0 spiro atoms. The Balaban J connectivity index is 0.00000280. The first-order chi connectivity index (χ1) is 13.2. The van der Waals surface area contributed by atoms with Crippen molar-refractivity contribution in [1.82, 2.24) is 15.5 Å². The standard InChI is InChI=1S/C21H33FN4O.HI/c1-3-23-20(25-17-8-12-26(13-9-17)14-15-27-2)24-16-21(10-11-21)18-6-4-5-7-19(18)22;/h4-7,17H,3,8-16H2,1-2H3,(H2,23,24,25);1H. The molecule has 0 atom stereocenters. The lowest BCUT2D eigenvalue weighted by Crippen LogP contribution is -2.49. The number of hydrogen-bond acceptors (Lipinski definition) is 3. The molecule has 5 nitrogen and oxygen atoms in total. The minimum Gasteiger partial charge on any atom is -0.383 e. The number of guanidine groups is 1. The summed E-state index contributed by atoms with van der Waals surface area (Å²) in [6.45, 7) is 7.50. The predicted molar refractivity (Wildman–Crippen MR) is 123 cm³/mol. The zero-order chi connectivity index (χ0) is 19.1. The van der Waals surface area contributed by atoms with E-state index in [1.165, 1.54) is 0 Å². The van der Waals surface area contributed by atoms with Crippen molar-refractivity contribution in [1.29, 1.82) is 0 Å². The fraction of sp³-hybridized carbons (Fsp3) is 0.667. The summed E-state index contributed by atoms with van der Waals surface area (Å²) in [5.74, 6) is 0.752. The van der Waals surface area contributed by atoms with Gasteiger partial charge < -0.3 is 20.3 Å². The third-order valence-electron chi connectivity index (χ3n) is 5.72. The van der Waals surface area contributed by atoms with E-state index in [0.29, 0.717) is 12.6 Å². The average molecular weight is 504 g/mol. The topological polar surface area (TPSA) is 48.9 Å². The van der Waals surface area contributed by atoms with E-state index in [1.54, 1.807) is 19.2 Å². The van der Waals surface area contributed by atoms with Crippen LogP contribution >= 0.6 is 24.0 Å². The lowest BCUT2D eigenvalue weighted by molar-refractivity contribution is 0.128. The zero-order valence-corrected chi connectivity index (χ0v) is 19.4. The first kappa shape index (κ1) is 23.3. The van der Waals surface area contributed by atoms with Crippen molar-refractivity contribution in [3.8, 4) is 0 Å². The van der Waals surface area contributed by atoms with Crippen molar-refractivity contribution >= 4 is 29.9 Å². The van der Waals surface area contributed by atoms with E-state index in [0.717, 1.165) is 70.0 Å². The highest BCUT2D eigenvalue weighted by molar-refractivity contribution is 14.0. The zero-order valence-electron chi connectivity index (χ0n) is 17.0. The number of nitrogens with one attached hydrogen (secondary N) is 2. The second-order valence-electron chi connectivity index (χ2n) is 7.71. The largest absolute Gasteiger partial charge is 0.383 e. The molecule has 1 aliphatic carbocycles. The van der Waals surface area contributed by atoms with Crippen LogP contribution in [0.5, 0.6) is 0 Å². The van der Waals surface area contributed by atoms with Gasteiger partial charge in [0, 0.05) is 44.7 Å². The molecule has 3 rings (SSSR count). The fourth-order valence-electron chi connectivity index (χ4n) is 3.82. The summed E-state index contributed by atoms with van der Waals surface area (Å²) in [7, 11) is 1.75. The van der Waals surface area contributed by atoms with Crippen LogP contribution in [0, 0.1) is 5.82 Å². The van der Waals surface area contributed by atoms with Crippen molar-refractivity contribution in [2.75, 3.05) is 46.4 Å². The molecule has 2 aliphatic rings. The fourth-order valence-corrected chi connectivity index (χ4v) is 3.82. The molecule has 0 unspecified atom stereocenters. The van der Waals surface area contributed by atoms with Crippen LogP contribution in [0.1, 0.15) is 38.2 Å². The Hall–Kier alpha value is -0.930. The van der Waals surface area contributed by atoms with Crippen molar-refractivity contribution in [3.05, 3.63) is 35.6 Å². The SMILES string of the molecule is CCNC(=NCC1(c2ccccc2F)CC1)NC1CCN(CCOC)CC1.I. The average Bonchev–Trinajstić information content (AvgIpc) is 3.47. The third-order valence-corrected chi connectivity index (χ3v) is 5.72. The number of aliphatic imine (C=N–C) groups is 1. The van der Waals surface area contributed by atoms with E-state index < -0.39 is 0 Å². The minimum atomic E-state index is -0.114. The second-order valence-corrected chi connectivity index (χ2v) is 7.71. The minimum absolute atomic E-state index is 0. The van der Waals surface area contributed by atoms with E-state index in [9.17, 15) is 4.39 Å². The van der Waals surface area contributed by atoms with Gasteiger partial charge in [-0.2, -0.15) is 0 Å². The summed E-state index contributed by atoms with van der Waals surface area (Å²) >= 11 is 0. The van der Waals surface area contributed by atoms with Crippen LogP contribution in [-0.2, 0) is 10.2 Å². The monoisotopic (exact) mass is 504 g/mol. The van der Waals surface area contributed by atoms with Gasteiger partial charge in [0.15, 0.2) is 5.96 Å². The van der Waals surface area contributed by atoms with Crippen LogP contribution in [-0.4, -0.2) is 63.3 Å². The Morgan fingerprint density at radius 1 is 1.29 bits per heavy atom. The molecule has 1 saturated carbocycles. The molecule has 1 heterocycles. The van der Waals surface area contributed by atoms with E-state index in [2.05, 4.69) is 22.5 Å². The highest BCUT2D eigenvalue weighted by Gasteiger charge is 2.45. The van der Waals surface area contributed by atoms with Crippen molar-refractivity contribution in [2.45, 2.75) is 44.1 Å². The summed E-state index contributed by atoms with van der Waals surface area (Å²) < 4.78 is 19.4. The number of piperidine rings is 1. The Labute approximate surface area is 185 Å². The van der Waals surface area contributed by atoms with E-state index in [-0.39, 0.29) is 35.2 Å². The molecule has 0 radical (unpaired) electrons. The summed E-state index contributed by atoms with van der Waals surface area (Å²) in [5, 5.41) is 6.94. The molecule has 2 N–H and O–H groups in total. The second kappa shape index (κ2) is 11.3. The van der Waals surface area contributed by atoms with E-state index in [4.69, 9.17) is 9.73 Å². The third kappa shape index (κ3) is 6.29. The molecule has 1 aromatic carbocycles. The highest BCUT2D eigenvalue weighted by atomic mass is 127. The molecule has 1 aliphatic heterocycles. The molecule has 0 bridgehead atoms. The van der Waals surface area contributed by atoms with Gasteiger partial charge in [0.25, 0.3) is 0 Å². The lowest BCUT2D eigenvalue weighted by Gasteiger charge is -2.33. The summed E-state index contributed by atoms with van der Waals surface area (Å²) in [5.41, 5.74) is 0.702. The summed E-state index contributed by atoms with van der Waals surface area (Å²) in [6.07, 6.45) is 4.22. The Morgan fingerprint density at radius 3 is 2.61 bits per heavy atom. The Bertz CT molecular complexity index is 631. The van der Waals surface area contributed by atoms with Crippen LogP contribution in [0.2, 0.25) is 0 Å². The maximum Gasteiger partial charge on any atom is 0.191 e. The molecule has 7 heteroatoms. The Morgan fingerprint density at radius 2 is 2.00 bits per heavy atom. The van der Waals surface area contributed by atoms with Gasteiger partial charge in [0.1, 0.15) is 5.82 Å². The van der Waals surface area contributed by atoms with Crippen LogP contribution in [0.25, 0.3) is 0 Å². The lowest BCUT2D eigenvalue weighted by atomic mass is 9.95. The number of benzene rings is 1. The van der Waals surface area contributed by atoms with Crippen molar-refractivity contribution in [2.24, 2.45) is 4.99 Å². The number of nitrogens with zero attached hydrogens (tertiary/aromatic N) is 2. The number of rotatable bonds is 8. The first-order valence-corrected chi connectivity index (χ1v) is 10.2. The molecule has 1 saturated heterocycles. The highest BCUT2D eigenvalue weighted by Crippen LogP contribution is 2.49. The maximum atomic E-state index is 14.2. The number of methoxy groups -OCH3 is 1. The molecule has 0 aromatic heterocycles. The predicted octanol–water partition coefficient (Wildman–Crippen LogP) is 3.14. The first-order valence-electron chi connectivity index (χ1n) is 10.2. The van der Waals surface area contributed by atoms with Gasteiger partial charge in [-0.05, 0) is 44.2 Å². The number of halogens is 2. The molecule has 2 fully saturated rings. The van der Waals surface area contributed by atoms with Gasteiger partial charge in [-0.1, -0.05) is 18.2 Å². The normalized spacial score (nSPS) is 19.8. The van der Waals surface area contributed by atoms with Gasteiger partial charge >= 0.3 is 0 Å². The molecule has 28 heavy (non-hydrogen) atoms. The van der Waals surface area contributed by atoms with E-state index >= 15 is 0 Å². The number of hydrogen-bond donors (Lipinski definition) is 2. The van der Waals surface area contributed by atoms with E-state index in [1.807, 2.05) is 12.1 Å². The Kier molecular flexibility index (Phi) is 9.43. The molecule has 158 valence electrons. The smallest absolute Gasteiger partial charge is 0.191 e. The molecule has 1 aromatic rings. The van der Waals surface area contributed by atoms with Crippen LogP contribution in [0.15, 0.2) is 29.3 Å². The van der Waals surface area contributed by atoms with Gasteiger partial charge in [-0.25, -0.2) is 4.39 Å². The van der Waals surface area contributed by atoms with Crippen LogP contribution in [0.4, 0.5) is 4.39 Å². The van der Waals surface area contributed by atoms with Gasteiger partial charge in [-0.3, -0.25) is 4.99 Å². The summed E-state index contributed by atoms with van der Waals surface area (Å²) in [4.78, 5) is 7.27. The van der Waals surface area contributed by atoms with Crippen molar-refractivity contribution < 1.29 is 9.13 Å². The quantitative estimate of drug-likeness (QED) is 0.325.